The van der Waals surface area contributed by atoms with E-state index in [-0.39, 0.29) is 24.0 Å². The van der Waals surface area contributed by atoms with Crippen molar-refractivity contribution < 1.29 is 14.3 Å². The van der Waals surface area contributed by atoms with E-state index in [2.05, 4.69) is 5.32 Å². The number of amides is 2. The standard InChI is InChI=1S/C12H21N3O3/c1-9-8-18-10(2)7-15(9)12(17)11(16)14-5-3-13-4-6-14/h9-10,13H,3-8H2,1-2H3. The van der Waals surface area contributed by atoms with Crippen molar-refractivity contribution in [2.24, 2.45) is 0 Å². The highest BCUT2D eigenvalue weighted by atomic mass is 16.5. The molecule has 0 spiro atoms. The molecule has 2 saturated heterocycles. The van der Waals surface area contributed by atoms with Gasteiger partial charge in [-0.2, -0.15) is 0 Å². The van der Waals surface area contributed by atoms with Gasteiger partial charge in [0.2, 0.25) is 0 Å². The molecule has 2 unspecified atom stereocenters. The molecule has 6 nitrogen and oxygen atoms in total. The first-order valence-corrected chi connectivity index (χ1v) is 6.52. The van der Waals surface area contributed by atoms with E-state index in [1.807, 2.05) is 13.8 Å². The lowest BCUT2D eigenvalue weighted by molar-refractivity contribution is -0.159. The van der Waals surface area contributed by atoms with Gasteiger partial charge in [0, 0.05) is 32.7 Å². The van der Waals surface area contributed by atoms with Gasteiger partial charge < -0.3 is 19.9 Å². The summed E-state index contributed by atoms with van der Waals surface area (Å²) in [6.07, 6.45) is 0.000900. The fraction of sp³-hybridized carbons (Fsp3) is 0.833. The van der Waals surface area contributed by atoms with Crippen molar-refractivity contribution in [3.63, 3.8) is 0 Å². The lowest BCUT2D eigenvalue weighted by Crippen LogP contribution is -2.57. The van der Waals surface area contributed by atoms with E-state index in [9.17, 15) is 9.59 Å². The first-order chi connectivity index (χ1) is 8.59. The van der Waals surface area contributed by atoms with Gasteiger partial charge in [0.25, 0.3) is 0 Å². The molecule has 6 heteroatoms. The van der Waals surface area contributed by atoms with Gasteiger partial charge in [-0.1, -0.05) is 0 Å². The summed E-state index contributed by atoms with van der Waals surface area (Å²) in [4.78, 5) is 27.6. The Morgan fingerprint density at radius 3 is 2.50 bits per heavy atom. The fourth-order valence-corrected chi connectivity index (χ4v) is 2.31. The molecule has 0 saturated carbocycles. The molecule has 18 heavy (non-hydrogen) atoms. The van der Waals surface area contributed by atoms with Crippen molar-refractivity contribution >= 4 is 11.8 Å². The Morgan fingerprint density at radius 2 is 1.83 bits per heavy atom. The van der Waals surface area contributed by atoms with Crippen LogP contribution in [0.5, 0.6) is 0 Å². The zero-order valence-corrected chi connectivity index (χ0v) is 11.0. The molecular formula is C12H21N3O3. The molecule has 0 aliphatic carbocycles. The van der Waals surface area contributed by atoms with Crippen LogP contribution in [0.3, 0.4) is 0 Å². The highest BCUT2D eigenvalue weighted by Gasteiger charge is 2.33. The number of carbonyl (C=O) groups is 2. The Balaban J connectivity index is 1.98. The van der Waals surface area contributed by atoms with Crippen LogP contribution in [0, 0.1) is 0 Å². The van der Waals surface area contributed by atoms with Crippen LogP contribution in [0.15, 0.2) is 0 Å². The van der Waals surface area contributed by atoms with E-state index >= 15 is 0 Å². The Labute approximate surface area is 107 Å². The molecule has 0 aromatic heterocycles. The summed E-state index contributed by atoms with van der Waals surface area (Å²) >= 11 is 0. The molecule has 2 aliphatic rings. The van der Waals surface area contributed by atoms with Crippen molar-refractivity contribution in [3.8, 4) is 0 Å². The van der Waals surface area contributed by atoms with Crippen molar-refractivity contribution in [2.75, 3.05) is 39.3 Å². The third-order valence-electron chi connectivity index (χ3n) is 3.46. The van der Waals surface area contributed by atoms with Crippen molar-refractivity contribution in [1.29, 1.82) is 0 Å². The molecule has 2 amide bonds. The summed E-state index contributed by atoms with van der Waals surface area (Å²) in [5.74, 6) is -0.767. The fourth-order valence-electron chi connectivity index (χ4n) is 2.31. The second-order valence-corrected chi connectivity index (χ2v) is 4.99. The maximum atomic E-state index is 12.2. The van der Waals surface area contributed by atoms with Crippen molar-refractivity contribution in [2.45, 2.75) is 26.0 Å². The molecule has 102 valence electrons. The van der Waals surface area contributed by atoms with Gasteiger partial charge in [-0.25, -0.2) is 0 Å². The third-order valence-corrected chi connectivity index (χ3v) is 3.46. The minimum Gasteiger partial charge on any atom is -0.375 e. The van der Waals surface area contributed by atoms with E-state index in [0.717, 1.165) is 13.1 Å². The first kappa shape index (κ1) is 13.3. The Hall–Kier alpha value is -1.14. The van der Waals surface area contributed by atoms with Gasteiger partial charge in [-0.3, -0.25) is 9.59 Å². The van der Waals surface area contributed by atoms with E-state index in [4.69, 9.17) is 4.74 Å². The number of hydrogen-bond acceptors (Lipinski definition) is 4. The normalized spacial score (nSPS) is 29.2. The smallest absolute Gasteiger partial charge is 0.312 e. The van der Waals surface area contributed by atoms with E-state index in [1.165, 1.54) is 0 Å². The number of carbonyl (C=O) groups excluding carboxylic acids is 2. The highest BCUT2D eigenvalue weighted by Crippen LogP contribution is 2.12. The molecule has 2 fully saturated rings. The maximum Gasteiger partial charge on any atom is 0.312 e. The van der Waals surface area contributed by atoms with Crippen LogP contribution in [-0.4, -0.2) is 73.1 Å². The summed E-state index contributed by atoms with van der Waals surface area (Å²) in [5, 5.41) is 3.17. The molecule has 2 rings (SSSR count). The van der Waals surface area contributed by atoms with Crippen LogP contribution in [0.25, 0.3) is 0 Å². The van der Waals surface area contributed by atoms with Crippen LogP contribution in [0.1, 0.15) is 13.8 Å². The predicted molar refractivity (Wildman–Crippen MR) is 66.0 cm³/mol. The van der Waals surface area contributed by atoms with Gasteiger partial charge in [0.05, 0.1) is 18.8 Å². The summed E-state index contributed by atoms with van der Waals surface area (Å²) in [6, 6.07) is -0.0273. The van der Waals surface area contributed by atoms with Gasteiger partial charge in [-0.05, 0) is 13.8 Å². The van der Waals surface area contributed by atoms with Crippen LogP contribution in [0.2, 0.25) is 0 Å². The highest BCUT2D eigenvalue weighted by molar-refractivity contribution is 6.35. The summed E-state index contributed by atoms with van der Waals surface area (Å²) in [7, 11) is 0. The predicted octanol–water partition coefficient (Wildman–Crippen LogP) is -0.946. The van der Waals surface area contributed by atoms with Crippen molar-refractivity contribution in [1.82, 2.24) is 15.1 Å². The van der Waals surface area contributed by atoms with Crippen LogP contribution >= 0.6 is 0 Å². The Kier molecular flexibility index (Phi) is 4.19. The number of piperazine rings is 1. The van der Waals surface area contributed by atoms with Crippen LogP contribution in [-0.2, 0) is 14.3 Å². The second-order valence-electron chi connectivity index (χ2n) is 4.99. The zero-order valence-electron chi connectivity index (χ0n) is 11.0. The molecule has 2 atom stereocenters. The van der Waals surface area contributed by atoms with Gasteiger partial charge in [0.1, 0.15) is 0 Å². The van der Waals surface area contributed by atoms with Crippen molar-refractivity contribution in [3.05, 3.63) is 0 Å². The molecule has 2 heterocycles. The minimum atomic E-state index is -0.389. The van der Waals surface area contributed by atoms with Gasteiger partial charge in [-0.15, -0.1) is 0 Å². The Bertz CT molecular complexity index is 329. The molecular weight excluding hydrogens is 234 g/mol. The first-order valence-electron chi connectivity index (χ1n) is 6.52. The minimum absolute atomic E-state index is 0.000900. The van der Waals surface area contributed by atoms with E-state index < -0.39 is 0 Å². The molecule has 0 bridgehead atoms. The van der Waals surface area contributed by atoms with Crippen LogP contribution in [0.4, 0.5) is 0 Å². The van der Waals surface area contributed by atoms with Crippen LogP contribution < -0.4 is 5.32 Å². The average Bonchev–Trinajstić information content (AvgIpc) is 2.41. The number of ether oxygens (including phenoxy) is 1. The zero-order chi connectivity index (χ0) is 13.1. The van der Waals surface area contributed by atoms with E-state index in [1.54, 1.807) is 9.80 Å². The third kappa shape index (κ3) is 2.81. The number of nitrogens with one attached hydrogen (secondary N) is 1. The number of hydrogen-bond donors (Lipinski definition) is 1. The lowest BCUT2D eigenvalue weighted by atomic mass is 10.2. The second kappa shape index (κ2) is 5.67. The molecule has 0 radical (unpaired) electrons. The number of rotatable bonds is 0. The largest absolute Gasteiger partial charge is 0.375 e. The SMILES string of the molecule is CC1CN(C(=O)C(=O)N2CCNCC2)C(C)CO1. The molecule has 1 N–H and O–H groups in total. The number of nitrogens with zero attached hydrogens (tertiary/aromatic N) is 2. The van der Waals surface area contributed by atoms with Gasteiger partial charge in [0.15, 0.2) is 0 Å². The molecule has 0 aromatic carbocycles. The molecule has 2 aliphatic heterocycles. The lowest BCUT2D eigenvalue weighted by Gasteiger charge is -2.37. The summed E-state index contributed by atoms with van der Waals surface area (Å²) < 4.78 is 5.47. The average molecular weight is 255 g/mol. The van der Waals surface area contributed by atoms with Gasteiger partial charge >= 0.3 is 11.8 Å². The topological polar surface area (TPSA) is 61.9 Å². The Morgan fingerprint density at radius 1 is 1.17 bits per heavy atom. The number of morpholine rings is 1. The molecule has 0 aromatic rings. The summed E-state index contributed by atoms with van der Waals surface area (Å²) in [6.45, 7) is 7.57. The summed E-state index contributed by atoms with van der Waals surface area (Å²) in [5.41, 5.74) is 0. The quantitative estimate of drug-likeness (QED) is 0.567. The van der Waals surface area contributed by atoms with E-state index in [0.29, 0.717) is 26.2 Å². The maximum absolute atomic E-state index is 12.2. The monoisotopic (exact) mass is 255 g/mol.